The first-order chi connectivity index (χ1) is 11.3. The van der Waals surface area contributed by atoms with E-state index >= 15 is 0 Å². The Labute approximate surface area is 139 Å². The van der Waals surface area contributed by atoms with Crippen molar-refractivity contribution < 1.29 is 23.1 Å². The summed E-state index contributed by atoms with van der Waals surface area (Å²) in [5, 5.41) is 9.54. The monoisotopic (exact) mass is 348 g/mol. The molecule has 3 rings (SSSR count). The van der Waals surface area contributed by atoms with Gasteiger partial charge in [-0.15, -0.1) is 0 Å². The van der Waals surface area contributed by atoms with E-state index in [1.165, 1.54) is 6.07 Å². The first kappa shape index (κ1) is 16.1. The van der Waals surface area contributed by atoms with Crippen molar-refractivity contribution in [2.24, 2.45) is 5.73 Å². The quantitative estimate of drug-likeness (QED) is 0.736. The van der Waals surface area contributed by atoms with Gasteiger partial charge in [-0.05, 0) is 55.3 Å². The van der Waals surface area contributed by atoms with Gasteiger partial charge in [0, 0.05) is 5.69 Å². The Hall–Kier alpha value is -2.74. The van der Waals surface area contributed by atoms with Gasteiger partial charge in [0.05, 0.1) is 16.6 Å². The first-order valence-electron chi connectivity index (χ1n) is 7.27. The third-order valence-corrected chi connectivity index (χ3v) is 4.86. The van der Waals surface area contributed by atoms with E-state index in [4.69, 9.17) is 10.5 Å². The SMILES string of the molecule is NC(=O)c1cc(S(=O)(=O)Nc2ccc(OC3CC3)cc2)ccc1O. The van der Waals surface area contributed by atoms with E-state index in [-0.39, 0.29) is 22.3 Å². The molecule has 0 saturated heterocycles. The third-order valence-electron chi connectivity index (χ3n) is 3.48. The molecule has 1 amide bonds. The van der Waals surface area contributed by atoms with Gasteiger partial charge in [-0.2, -0.15) is 0 Å². The summed E-state index contributed by atoms with van der Waals surface area (Å²) in [5.41, 5.74) is 5.21. The van der Waals surface area contributed by atoms with Gasteiger partial charge in [0.15, 0.2) is 0 Å². The molecule has 0 unspecified atom stereocenters. The van der Waals surface area contributed by atoms with E-state index in [9.17, 15) is 18.3 Å². The zero-order valence-corrected chi connectivity index (χ0v) is 13.4. The second-order valence-electron chi connectivity index (χ2n) is 5.49. The highest BCUT2D eigenvalue weighted by molar-refractivity contribution is 7.92. The highest BCUT2D eigenvalue weighted by Gasteiger charge is 2.23. The molecule has 1 saturated carbocycles. The summed E-state index contributed by atoms with van der Waals surface area (Å²) in [6.45, 7) is 0. The number of rotatable bonds is 6. The van der Waals surface area contributed by atoms with Crippen molar-refractivity contribution in [3.05, 3.63) is 48.0 Å². The number of carbonyl (C=O) groups excluding carboxylic acids is 1. The van der Waals surface area contributed by atoms with Crippen LogP contribution in [0.5, 0.6) is 11.5 Å². The Kier molecular flexibility index (Phi) is 4.06. The number of carbonyl (C=O) groups is 1. The molecule has 0 bridgehead atoms. The molecular formula is C16H16N2O5S. The predicted octanol–water partition coefficient (Wildman–Crippen LogP) is 1.83. The molecule has 0 radical (unpaired) electrons. The highest BCUT2D eigenvalue weighted by Crippen LogP contribution is 2.28. The molecule has 0 aliphatic heterocycles. The number of phenols is 1. The van der Waals surface area contributed by atoms with Crippen molar-refractivity contribution in [3.8, 4) is 11.5 Å². The van der Waals surface area contributed by atoms with Crippen molar-refractivity contribution in [2.45, 2.75) is 23.8 Å². The minimum absolute atomic E-state index is 0.174. The Morgan fingerprint density at radius 1 is 1.17 bits per heavy atom. The summed E-state index contributed by atoms with van der Waals surface area (Å²) in [7, 11) is -3.92. The van der Waals surface area contributed by atoms with Crippen LogP contribution in [-0.4, -0.2) is 25.5 Å². The van der Waals surface area contributed by atoms with Gasteiger partial charge in [-0.25, -0.2) is 8.42 Å². The normalized spacial score (nSPS) is 14.2. The Morgan fingerprint density at radius 3 is 2.42 bits per heavy atom. The highest BCUT2D eigenvalue weighted by atomic mass is 32.2. The summed E-state index contributed by atoms with van der Waals surface area (Å²) < 4.78 is 32.8. The van der Waals surface area contributed by atoms with Gasteiger partial charge < -0.3 is 15.6 Å². The average Bonchev–Trinajstić information content (AvgIpc) is 3.33. The largest absolute Gasteiger partial charge is 0.507 e. The molecule has 1 aliphatic rings. The molecule has 8 heteroatoms. The maximum atomic E-state index is 12.4. The molecule has 1 fully saturated rings. The lowest BCUT2D eigenvalue weighted by Gasteiger charge is -2.10. The molecule has 0 atom stereocenters. The van der Waals surface area contributed by atoms with Crippen LogP contribution in [0.3, 0.4) is 0 Å². The van der Waals surface area contributed by atoms with E-state index in [2.05, 4.69) is 4.72 Å². The number of hydrogen-bond donors (Lipinski definition) is 3. The third kappa shape index (κ3) is 3.60. The Morgan fingerprint density at radius 2 is 1.83 bits per heavy atom. The molecule has 2 aromatic rings. The molecule has 0 aromatic heterocycles. The minimum Gasteiger partial charge on any atom is -0.507 e. The van der Waals surface area contributed by atoms with Gasteiger partial charge in [-0.1, -0.05) is 0 Å². The maximum absolute atomic E-state index is 12.4. The lowest BCUT2D eigenvalue weighted by molar-refractivity contribution is 0.0997. The molecule has 0 heterocycles. The van der Waals surface area contributed by atoms with Crippen LogP contribution in [0.25, 0.3) is 0 Å². The number of aromatic hydroxyl groups is 1. The van der Waals surface area contributed by atoms with E-state index in [1.807, 2.05) is 0 Å². The second kappa shape index (κ2) is 6.04. The molecule has 126 valence electrons. The molecule has 24 heavy (non-hydrogen) atoms. The van der Waals surface area contributed by atoms with E-state index in [0.717, 1.165) is 25.0 Å². The molecule has 4 N–H and O–H groups in total. The van der Waals surface area contributed by atoms with Crippen LogP contribution in [0.4, 0.5) is 5.69 Å². The number of benzene rings is 2. The van der Waals surface area contributed by atoms with Gasteiger partial charge >= 0.3 is 0 Å². The molecular weight excluding hydrogens is 332 g/mol. The van der Waals surface area contributed by atoms with Crippen LogP contribution in [0, 0.1) is 0 Å². The van der Waals surface area contributed by atoms with Crippen molar-refractivity contribution >= 4 is 21.6 Å². The van der Waals surface area contributed by atoms with Crippen molar-refractivity contribution in [2.75, 3.05) is 4.72 Å². The summed E-state index contributed by atoms with van der Waals surface area (Å²) in [5.74, 6) is -0.602. The van der Waals surface area contributed by atoms with Gasteiger partial charge in [0.1, 0.15) is 11.5 Å². The number of nitrogens with two attached hydrogens (primary N) is 1. The van der Waals surface area contributed by atoms with Crippen LogP contribution in [0.2, 0.25) is 0 Å². The fraction of sp³-hybridized carbons (Fsp3) is 0.188. The van der Waals surface area contributed by atoms with Crippen LogP contribution in [0.15, 0.2) is 47.4 Å². The second-order valence-corrected chi connectivity index (χ2v) is 7.17. The summed E-state index contributed by atoms with van der Waals surface area (Å²) in [4.78, 5) is 11.0. The maximum Gasteiger partial charge on any atom is 0.261 e. The smallest absolute Gasteiger partial charge is 0.261 e. The number of hydrogen-bond acceptors (Lipinski definition) is 5. The van der Waals surface area contributed by atoms with Crippen LogP contribution >= 0.6 is 0 Å². The zero-order valence-electron chi connectivity index (χ0n) is 12.6. The lowest BCUT2D eigenvalue weighted by atomic mass is 10.2. The fourth-order valence-corrected chi connectivity index (χ4v) is 3.16. The van der Waals surface area contributed by atoms with Gasteiger partial charge in [-0.3, -0.25) is 9.52 Å². The molecule has 2 aromatic carbocycles. The van der Waals surface area contributed by atoms with Crippen molar-refractivity contribution in [1.29, 1.82) is 0 Å². The van der Waals surface area contributed by atoms with Crippen molar-refractivity contribution in [3.63, 3.8) is 0 Å². The molecule has 7 nitrogen and oxygen atoms in total. The number of amides is 1. The van der Waals surface area contributed by atoms with E-state index in [1.54, 1.807) is 24.3 Å². The summed E-state index contributed by atoms with van der Waals surface area (Å²) in [6.07, 6.45) is 2.34. The van der Waals surface area contributed by atoms with Crippen molar-refractivity contribution in [1.82, 2.24) is 0 Å². The number of sulfonamides is 1. The van der Waals surface area contributed by atoms with Gasteiger partial charge in [0.2, 0.25) is 0 Å². The lowest BCUT2D eigenvalue weighted by Crippen LogP contribution is -2.16. The molecule has 0 spiro atoms. The first-order valence-corrected chi connectivity index (χ1v) is 8.76. The minimum atomic E-state index is -3.92. The number of anilines is 1. The number of ether oxygens (including phenoxy) is 1. The predicted molar refractivity (Wildman–Crippen MR) is 87.5 cm³/mol. The zero-order chi connectivity index (χ0) is 17.3. The average molecular weight is 348 g/mol. The van der Waals surface area contributed by atoms with Crippen LogP contribution < -0.4 is 15.2 Å². The number of nitrogens with one attached hydrogen (secondary N) is 1. The van der Waals surface area contributed by atoms with E-state index in [0.29, 0.717) is 11.4 Å². The summed E-state index contributed by atoms with van der Waals surface area (Å²) >= 11 is 0. The van der Waals surface area contributed by atoms with Gasteiger partial charge in [0.25, 0.3) is 15.9 Å². The standard InChI is InChI=1S/C16H16N2O5S/c17-16(20)14-9-13(7-8-15(14)19)24(21,22)18-10-1-3-11(4-2-10)23-12-5-6-12/h1-4,7-9,12,18-19H,5-6H2,(H2,17,20). The fourth-order valence-electron chi connectivity index (χ4n) is 2.07. The summed E-state index contributed by atoms with van der Waals surface area (Å²) in [6, 6.07) is 9.87. The molecule has 1 aliphatic carbocycles. The topological polar surface area (TPSA) is 119 Å². The van der Waals surface area contributed by atoms with E-state index < -0.39 is 15.9 Å². The van der Waals surface area contributed by atoms with Crippen LogP contribution in [-0.2, 0) is 10.0 Å². The Bertz CT molecular complexity index is 874. The number of primary amides is 1. The van der Waals surface area contributed by atoms with Crippen LogP contribution in [0.1, 0.15) is 23.2 Å². The Balaban J connectivity index is 1.80.